The van der Waals surface area contributed by atoms with E-state index in [1.807, 2.05) is 24.3 Å². The second-order valence-electron chi connectivity index (χ2n) is 3.17. The lowest BCUT2D eigenvalue weighted by atomic mass is 10.2. The van der Waals surface area contributed by atoms with Crippen molar-refractivity contribution < 1.29 is 9.47 Å². The van der Waals surface area contributed by atoms with Crippen molar-refractivity contribution in [2.45, 2.75) is 6.29 Å². The molecular weight excluding hydrogens is 235 g/mol. The maximum atomic E-state index is 5.86. The third-order valence-corrected chi connectivity index (χ3v) is 2.41. The van der Waals surface area contributed by atoms with Crippen LogP contribution in [-0.2, 0) is 9.47 Å². The second kappa shape index (κ2) is 4.99. The van der Waals surface area contributed by atoms with E-state index < -0.39 is 0 Å². The van der Waals surface area contributed by atoms with Crippen molar-refractivity contribution in [3.63, 3.8) is 0 Å². The summed E-state index contributed by atoms with van der Waals surface area (Å²) in [6.07, 6.45) is 3.48. The third kappa shape index (κ3) is 3.21. The molecule has 1 aliphatic rings. The monoisotopic (exact) mass is 244 g/mol. The van der Waals surface area contributed by atoms with Crippen molar-refractivity contribution in [1.29, 1.82) is 0 Å². The molecule has 1 aromatic rings. The Labute approximate surface area is 98.4 Å². The van der Waals surface area contributed by atoms with Crippen LogP contribution in [0, 0.1) is 0 Å². The van der Waals surface area contributed by atoms with Crippen LogP contribution in [-0.4, -0.2) is 19.5 Å². The molecule has 80 valence electrons. The Hall–Kier alpha value is -0.540. The summed E-state index contributed by atoms with van der Waals surface area (Å²) in [7, 11) is 0. The Balaban J connectivity index is 2.09. The summed E-state index contributed by atoms with van der Waals surface area (Å²) in [5.41, 5.74) is 0.937. The highest BCUT2D eigenvalue weighted by atomic mass is 35.5. The Morgan fingerprint density at radius 3 is 2.27 bits per heavy atom. The van der Waals surface area contributed by atoms with Gasteiger partial charge in [0, 0.05) is 10.0 Å². The van der Waals surface area contributed by atoms with Crippen LogP contribution in [0.1, 0.15) is 5.56 Å². The fraction of sp³-hybridized carbons (Fsp3) is 0.273. The zero-order valence-electron chi connectivity index (χ0n) is 7.95. The summed E-state index contributed by atoms with van der Waals surface area (Å²) in [6, 6.07) is 5.36. The molecule has 2 nitrogen and oxygen atoms in total. The number of hydrogen-bond acceptors (Lipinski definition) is 2. The Bertz CT molecular complexity index is 351. The van der Waals surface area contributed by atoms with Crippen LogP contribution in [0.2, 0.25) is 10.0 Å². The number of halogens is 2. The molecule has 0 aromatic heterocycles. The van der Waals surface area contributed by atoms with Gasteiger partial charge in [0.2, 0.25) is 0 Å². The zero-order chi connectivity index (χ0) is 10.7. The van der Waals surface area contributed by atoms with Gasteiger partial charge in [0.1, 0.15) is 0 Å². The van der Waals surface area contributed by atoms with Gasteiger partial charge in [0.15, 0.2) is 6.29 Å². The Morgan fingerprint density at radius 1 is 1.07 bits per heavy atom. The third-order valence-electron chi connectivity index (χ3n) is 1.98. The molecule has 0 aliphatic carbocycles. The highest BCUT2D eigenvalue weighted by molar-refractivity contribution is 6.34. The van der Waals surface area contributed by atoms with Gasteiger partial charge in [-0.3, -0.25) is 0 Å². The molecule has 0 bridgehead atoms. The molecule has 0 unspecified atom stereocenters. The van der Waals surface area contributed by atoms with E-state index in [9.17, 15) is 0 Å². The highest BCUT2D eigenvalue weighted by Crippen LogP contribution is 2.20. The molecule has 1 aromatic carbocycles. The van der Waals surface area contributed by atoms with E-state index in [1.54, 1.807) is 6.07 Å². The molecule has 0 amide bonds. The van der Waals surface area contributed by atoms with Crippen molar-refractivity contribution in [3.05, 3.63) is 39.9 Å². The molecular formula is C11H10Cl2O2. The van der Waals surface area contributed by atoms with Crippen LogP contribution in [0.25, 0.3) is 6.08 Å². The van der Waals surface area contributed by atoms with Crippen molar-refractivity contribution in [2.75, 3.05) is 13.2 Å². The molecule has 4 heteroatoms. The summed E-state index contributed by atoms with van der Waals surface area (Å²) >= 11 is 11.7. The summed E-state index contributed by atoms with van der Waals surface area (Å²) in [5, 5.41) is 1.24. The average molecular weight is 245 g/mol. The minimum absolute atomic E-state index is 0.247. The first kappa shape index (κ1) is 11.0. The lowest BCUT2D eigenvalue weighted by Gasteiger charge is -2.02. The van der Waals surface area contributed by atoms with Gasteiger partial charge in [0.25, 0.3) is 0 Å². The first-order valence-electron chi connectivity index (χ1n) is 4.61. The van der Waals surface area contributed by atoms with Crippen molar-refractivity contribution in [2.24, 2.45) is 0 Å². The van der Waals surface area contributed by atoms with Gasteiger partial charge in [-0.25, -0.2) is 0 Å². The normalized spacial score (nSPS) is 17.7. The van der Waals surface area contributed by atoms with E-state index in [2.05, 4.69) is 0 Å². The SMILES string of the molecule is Clc1cc(Cl)cc(/C=C\C2OCCO2)c1. The fourth-order valence-electron chi connectivity index (χ4n) is 1.35. The predicted octanol–water partition coefficient (Wildman–Crippen LogP) is 3.38. The van der Waals surface area contributed by atoms with Gasteiger partial charge in [-0.15, -0.1) is 0 Å². The molecule has 2 rings (SSSR count). The number of benzene rings is 1. The Kier molecular flexibility index (Phi) is 3.65. The van der Waals surface area contributed by atoms with E-state index in [0.717, 1.165) is 5.56 Å². The van der Waals surface area contributed by atoms with E-state index >= 15 is 0 Å². The van der Waals surface area contributed by atoms with Gasteiger partial charge < -0.3 is 9.47 Å². The number of hydrogen-bond donors (Lipinski definition) is 0. The molecule has 1 saturated heterocycles. The molecule has 1 aliphatic heterocycles. The minimum Gasteiger partial charge on any atom is -0.347 e. The van der Waals surface area contributed by atoms with Crippen LogP contribution >= 0.6 is 23.2 Å². The molecule has 0 saturated carbocycles. The largest absolute Gasteiger partial charge is 0.347 e. The quantitative estimate of drug-likeness (QED) is 0.795. The summed E-state index contributed by atoms with van der Waals surface area (Å²) < 4.78 is 10.5. The molecule has 0 atom stereocenters. The van der Waals surface area contributed by atoms with Gasteiger partial charge in [0.05, 0.1) is 13.2 Å². The summed E-state index contributed by atoms with van der Waals surface area (Å²) in [6.45, 7) is 1.29. The van der Waals surface area contributed by atoms with E-state index in [-0.39, 0.29) is 6.29 Å². The van der Waals surface area contributed by atoms with Crippen molar-refractivity contribution in [1.82, 2.24) is 0 Å². The van der Waals surface area contributed by atoms with Crippen LogP contribution in [0.3, 0.4) is 0 Å². The smallest absolute Gasteiger partial charge is 0.177 e. The van der Waals surface area contributed by atoms with Gasteiger partial charge in [-0.2, -0.15) is 0 Å². The predicted molar refractivity (Wildman–Crippen MR) is 61.2 cm³/mol. The number of ether oxygens (including phenoxy) is 2. The number of rotatable bonds is 2. The lowest BCUT2D eigenvalue weighted by Crippen LogP contribution is -2.01. The van der Waals surface area contributed by atoms with E-state index in [4.69, 9.17) is 32.7 Å². The van der Waals surface area contributed by atoms with Crippen LogP contribution in [0.15, 0.2) is 24.3 Å². The lowest BCUT2D eigenvalue weighted by molar-refractivity contribution is -0.000907. The van der Waals surface area contributed by atoms with Crippen molar-refractivity contribution in [3.8, 4) is 0 Å². The van der Waals surface area contributed by atoms with Gasteiger partial charge >= 0.3 is 0 Å². The summed E-state index contributed by atoms with van der Waals surface area (Å²) in [4.78, 5) is 0. The van der Waals surface area contributed by atoms with Gasteiger partial charge in [-0.1, -0.05) is 29.3 Å². The van der Waals surface area contributed by atoms with Crippen LogP contribution in [0.4, 0.5) is 0 Å². The molecule has 1 heterocycles. The van der Waals surface area contributed by atoms with Crippen LogP contribution < -0.4 is 0 Å². The van der Waals surface area contributed by atoms with E-state index in [0.29, 0.717) is 23.3 Å². The maximum absolute atomic E-state index is 5.86. The fourth-order valence-corrected chi connectivity index (χ4v) is 1.89. The summed E-state index contributed by atoms with van der Waals surface area (Å²) in [5.74, 6) is 0. The molecule has 1 fully saturated rings. The molecule has 0 radical (unpaired) electrons. The first-order chi connectivity index (χ1) is 7.24. The molecule has 0 N–H and O–H groups in total. The van der Waals surface area contributed by atoms with E-state index in [1.165, 1.54) is 0 Å². The molecule has 15 heavy (non-hydrogen) atoms. The topological polar surface area (TPSA) is 18.5 Å². The first-order valence-corrected chi connectivity index (χ1v) is 5.37. The standard InChI is InChI=1S/C11H10Cl2O2/c12-9-5-8(6-10(13)7-9)1-2-11-14-3-4-15-11/h1-2,5-7,11H,3-4H2/b2-1-. The van der Waals surface area contributed by atoms with Gasteiger partial charge in [-0.05, 0) is 29.8 Å². The maximum Gasteiger partial charge on any atom is 0.177 e. The minimum atomic E-state index is -0.247. The zero-order valence-corrected chi connectivity index (χ0v) is 9.46. The highest BCUT2D eigenvalue weighted by Gasteiger charge is 2.11. The second-order valence-corrected chi connectivity index (χ2v) is 4.04. The Morgan fingerprint density at radius 2 is 1.67 bits per heavy atom. The molecule has 0 spiro atoms. The van der Waals surface area contributed by atoms with Crippen LogP contribution in [0.5, 0.6) is 0 Å². The average Bonchev–Trinajstić information content (AvgIpc) is 2.65. The van der Waals surface area contributed by atoms with Crippen molar-refractivity contribution >= 4 is 29.3 Å².